The Morgan fingerprint density at radius 1 is 1.38 bits per heavy atom. The summed E-state index contributed by atoms with van der Waals surface area (Å²) in [7, 11) is 1.71. The van der Waals surface area contributed by atoms with E-state index in [1.807, 2.05) is 31.2 Å². The highest BCUT2D eigenvalue weighted by Gasteiger charge is 2.10. The van der Waals surface area contributed by atoms with Gasteiger partial charge in [0, 0.05) is 34.2 Å². The molecule has 0 bridgehead atoms. The van der Waals surface area contributed by atoms with Crippen molar-refractivity contribution in [1.29, 1.82) is 0 Å². The number of benzene rings is 1. The Morgan fingerprint density at radius 3 is 2.85 bits per heavy atom. The number of aromatic nitrogens is 2. The van der Waals surface area contributed by atoms with E-state index in [4.69, 9.17) is 16.3 Å². The molecular formula is C18H16ClN3O3S. The Bertz CT molecular complexity index is 1010. The van der Waals surface area contributed by atoms with Crippen molar-refractivity contribution in [2.45, 2.75) is 6.92 Å². The summed E-state index contributed by atoms with van der Waals surface area (Å²) in [5.41, 5.74) is 0.781. The average Bonchev–Trinajstić information content (AvgIpc) is 3.10. The molecule has 0 saturated carbocycles. The van der Waals surface area contributed by atoms with Crippen LogP contribution < -0.4 is 5.32 Å². The number of esters is 1. The van der Waals surface area contributed by atoms with Crippen LogP contribution in [0.1, 0.15) is 10.6 Å². The van der Waals surface area contributed by atoms with Gasteiger partial charge < -0.3 is 10.1 Å². The normalized spacial score (nSPS) is 11.2. The molecule has 0 aliphatic carbocycles. The van der Waals surface area contributed by atoms with E-state index in [0.29, 0.717) is 10.8 Å². The third kappa shape index (κ3) is 4.12. The molecule has 6 nitrogen and oxygen atoms in total. The van der Waals surface area contributed by atoms with Gasteiger partial charge in [-0.05, 0) is 19.1 Å². The molecule has 2 aromatic heterocycles. The number of ether oxygens (including phenoxy) is 1. The number of carbonyl (C=O) groups excluding carboxylic acids is 2. The van der Waals surface area contributed by atoms with E-state index in [1.54, 1.807) is 23.9 Å². The largest absolute Gasteiger partial charge is 0.452 e. The van der Waals surface area contributed by atoms with Crippen LogP contribution in [0.15, 0.2) is 36.4 Å². The van der Waals surface area contributed by atoms with Gasteiger partial charge in [0.15, 0.2) is 6.61 Å². The predicted octanol–water partition coefficient (Wildman–Crippen LogP) is 3.79. The van der Waals surface area contributed by atoms with Gasteiger partial charge in [-0.1, -0.05) is 29.8 Å². The molecule has 0 saturated heterocycles. The maximum Gasteiger partial charge on any atom is 0.331 e. The summed E-state index contributed by atoms with van der Waals surface area (Å²) in [4.78, 5) is 24.4. The van der Waals surface area contributed by atoms with E-state index in [2.05, 4.69) is 10.4 Å². The second kappa shape index (κ2) is 7.72. The number of thiophene rings is 1. The van der Waals surface area contributed by atoms with Crippen molar-refractivity contribution < 1.29 is 14.3 Å². The van der Waals surface area contributed by atoms with Crippen LogP contribution >= 0.6 is 22.9 Å². The Hall–Kier alpha value is -2.64. The fourth-order valence-electron chi connectivity index (χ4n) is 2.38. The van der Waals surface area contributed by atoms with Gasteiger partial charge in [0.2, 0.25) is 0 Å². The molecule has 1 amide bonds. The number of rotatable bonds is 5. The van der Waals surface area contributed by atoms with E-state index in [-0.39, 0.29) is 6.61 Å². The van der Waals surface area contributed by atoms with Gasteiger partial charge in [0.25, 0.3) is 5.91 Å². The summed E-state index contributed by atoms with van der Waals surface area (Å²) in [6.07, 6.45) is 2.86. The number of hydrogen-bond acceptors (Lipinski definition) is 5. The maximum atomic E-state index is 11.9. The molecule has 3 rings (SSSR count). The highest BCUT2D eigenvalue weighted by molar-refractivity contribution is 7.20. The fraction of sp³-hybridized carbons (Fsp3) is 0.167. The van der Waals surface area contributed by atoms with E-state index in [9.17, 15) is 9.59 Å². The predicted molar refractivity (Wildman–Crippen MR) is 103 cm³/mol. The minimum Gasteiger partial charge on any atom is -0.452 e. The van der Waals surface area contributed by atoms with Crippen molar-refractivity contribution in [2.24, 2.45) is 7.05 Å². The highest BCUT2D eigenvalue weighted by atomic mass is 35.5. The zero-order valence-corrected chi connectivity index (χ0v) is 15.7. The molecule has 3 aromatic rings. The van der Waals surface area contributed by atoms with E-state index < -0.39 is 11.9 Å². The van der Waals surface area contributed by atoms with Crippen LogP contribution in [-0.2, 0) is 21.4 Å². The van der Waals surface area contributed by atoms with E-state index >= 15 is 0 Å². The lowest BCUT2D eigenvalue weighted by molar-refractivity contribution is -0.142. The zero-order chi connectivity index (χ0) is 18.7. The van der Waals surface area contributed by atoms with Gasteiger partial charge in [-0.3, -0.25) is 9.48 Å². The average molecular weight is 390 g/mol. The van der Waals surface area contributed by atoms with Crippen molar-refractivity contribution in [3.05, 3.63) is 52.0 Å². The maximum absolute atomic E-state index is 11.9. The van der Waals surface area contributed by atoms with Crippen LogP contribution in [0.4, 0.5) is 5.82 Å². The Kier molecular flexibility index (Phi) is 5.39. The first-order chi connectivity index (χ1) is 12.4. The zero-order valence-electron chi connectivity index (χ0n) is 14.2. The number of hydrogen-bond donors (Lipinski definition) is 1. The number of carbonyl (C=O) groups is 2. The third-order valence-electron chi connectivity index (χ3n) is 3.55. The smallest absolute Gasteiger partial charge is 0.331 e. The van der Waals surface area contributed by atoms with Crippen molar-refractivity contribution in [1.82, 2.24) is 9.78 Å². The first-order valence-corrected chi connectivity index (χ1v) is 8.96. The number of nitrogens with one attached hydrogen (secondary N) is 1. The molecule has 0 spiro atoms. The van der Waals surface area contributed by atoms with Gasteiger partial charge in [-0.25, -0.2) is 4.79 Å². The Balaban J connectivity index is 1.56. The molecule has 1 N–H and O–H groups in total. The van der Waals surface area contributed by atoms with Crippen LogP contribution in [0.2, 0.25) is 5.02 Å². The molecule has 0 atom stereocenters. The molecule has 0 radical (unpaired) electrons. The second-order valence-corrected chi connectivity index (χ2v) is 7.02. The summed E-state index contributed by atoms with van der Waals surface area (Å²) >= 11 is 7.79. The molecule has 0 fully saturated rings. The Labute approximate surface area is 159 Å². The van der Waals surface area contributed by atoms with Crippen molar-refractivity contribution in [3.8, 4) is 0 Å². The van der Waals surface area contributed by atoms with Gasteiger partial charge in [0.05, 0.1) is 10.7 Å². The number of aryl methyl sites for hydroxylation is 2. The lowest BCUT2D eigenvalue weighted by Crippen LogP contribution is -2.21. The van der Waals surface area contributed by atoms with Crippen LogP contribution in [0, 0.1) is 6.92 Å². The molecule has 0 aliphatic rings. The molecule has 26 heavy (non-hydrogen) atoms. The van der Waals surface area contributed by atoms with Crippen molar-refractivity contribution in [2.75, 3.05) is 11.9 Å². The van der Waals surface area contributed by atoms with Gasteiger partial charge in [-0.2, -0.15) is 5.10 Å². The topological polar surface area (TPSA) is 73.2 Å². The molecular weight excluding hydrogens is 374 g/mol. The lowest BCUT2D eigenvalue weighted by atomic mass is 10.2. The number of amides is 1. The van der Waals surface area contributed by atoms with Crippen molar-refractivity contribution in [3.63, 3.8) is 0 Å². The fourth-order valence-corrected chi connectivity index (χ4v) is 3.77. The summed E-state index contributed by atoms with van der Waals surface area (Å²) in [6, 6.07) is 9.45. The van der Waals surface area contributed by atoms with E-state index in [1.165, 1.54) is 17.4 Å². The third-order valence-corrected chi connectivity index (χ3v) is 5.20. The number of halogens is 1. The summed E-state index contributed by atoms with van der Waals surface area (Å²) < 4.78 is 7.53. The molecule has 1 aromatic carbocycles. The summed E-state index contributed by atoms with van der Waals surface area (Å²) in [6.45, 7) is 1.44. The van der Waals surface area contributed by atoms with Crippen LogP contribution in [0.25, 0.3) is 16.2 Å². The van der Waals surface area contributed by atoms with Gasteiger partial charge in [0.1, 0.15) is 5.82 Å². The van der Waals surface area contributed by atoms with Crippen LogP contribution in [0.5, 0.6) is 0 Å². The summed E-state index contributed by atoms with van der Waals surface area (Å²) in [5.74, 6) is -0.513. The highest BCUT2D eigenvalue weighted by Crippen LogP contribution is 2.35. The minimum atomic E-state index is -0.616. The number of anilines is 1. The first kappa shape index (κ1) is 18.2. The quantitative estimate of drug-likeness (QED) is 0.532. The van der Waals surface area contributed by atoms with Crippen LogP contribution in [0.3, 0.4) is 0 Å². The first-order valence-electron chi connectivity index (χ1n) is 7.76. The second-order valence-electron chi connectivity index (χ2n) is 5.56. The number of nitrogens with zero attached hydrogens (tertiary/aromatic N) is 2. The van der Waals surface area contributed by atoms with Gasteiger partial charge in [-0.15, -0.1) is 11.3 Å². The molecule has 0 aliphatic heterocycles. The van der Waals surface area contributed by atoms with E-state index in [0.717, 1.165) is 20.7 Å². The molecule has 2 heterocycles. The minimum absolute atomic E-state index is 0.381. The standard InChI is InChI=1S/C18H16ClN3O3S/c1-11-9-15(22(2)21-11)20-16(23)10-25-17(24)8-7-14-18(19)12-5-3-4-6-13(12)26-14/h3-9H,10H2,1-2H3,(H,20,23)/b8-7+. The number of fused-ring (bicyclic) bond motifs is 1. The molecule has 8 heteroatoms. The molecule has 134 valence electrons. The lowest BCUT2D eigenvalue weighted by Gasteiger charge is -2.05. The van der Waals surface area contributed by atoms with Crippen LogP contribution in [-0.4, -0.2) is 28.3 Å². The summed E-state index contributed by atoms with van der Waals surface area (Å²) in [5, 5.41) is 8.29. The Morgan fingerprint density at radius 2 is 2.15 bits per heavy atom. The SMILES string of the molecule is Cc1cc(NC(=O)COC(=O)/C=C/c2sc3ccccc3c2Cl)n(C)n1. The monoisotopic (exact) mass is 389 g/mol. The molecule has 0 unspecified atom stereocenters. The van der Waals surface area contributed by atoms with Crippen molar-refractivity contribution >= 4 is 56.8 Å². The van der Waals surface area contributed by atoms with Gasteiger partial charge >= 0.3 is 5.97 Å².